The quantitative estimate of drug-likeness (QED) is 0.804. The number of carbonyl (C=O) groups is 1. The number of hydrogen-bond acceptors (Lipinski definition) is 2. The lowest BCUT2D eigenvalue weighted by Crippen LogP contribution is -2.32. The number of rotatable bonds is 7. The molecule has 0 spiro atoms. The van der Waals surface area contributed by atoms with Gasteiger partial charge in [-0.1, -0.05) is 25.8 Å². The number of unbranched alkanes of at least 4 members (excludes halogenated alkanes) is 1. The van der Waals surface area contributed by atoms with Crippen molar-refractivity contribution >= 4 is 5.91 Å². The van der Waals surface area contributed by atoms with Crippen LogP contribution in [0, 0.1) is 0 Å². The predicted molar refractivity (Wildman–Crippen MR) is 74.1 cm³/mol. The van der Waals surface area contributed by atoms with Crippen molar-refractivity contribution in [1.29, 1.82) is 0 Å². The molecule has 0 aliphatic rings. The summed E-state index contributed by atoms with van der Waals surface area (Å²) in [6.07, 6.45) is 3.31. The van der Waals surface area contributed by atoms with E-state index in [1.54, 1.807) is 6.07 Å². The minimum absolute atomic E-state index is 0.0276. The molecule has 0 radical (unpaired) electrons. The van der Waals surface area contributed by atoms with Crippen molar-refractivity contribution in [3.05, 3.63) is 29.8 Å². The van der Waals surface area contributed by atoms with E-state index >= 15 is 0 Å². The average molecular weight is 249 g/mol. The standard InChI is InChI=1S/C15H23NO2/c1-4-6-8-12(3)16-15(17)13-9-7-10-14(11-13)18-5-2/h7,9-12H,4-6,8H2,1-3H3,(H,16,17)/t12-/m0/s1. The second-order valence-electron chi connectivity index (χ2n) is 4.48. The molecule has 100 valence electrons. The van der Waals surface area contributed by atoms with Gasteiger partial charge in [0, 0.05) is 11.6 Å². The maximum Gasteiger partial charge on any atom is 0.251 e. The van der Waals surface area contributed by atoms with Crippen LogP contribution in [0.25, 0.3) is 0 Å². The van der Waals surface area contributed by atoms with Gasteiger partial charge in [-0.2, -0.15) is 0 Å². The van der Waals surface area contributed by atoms with Crippen molar-refractivity contribution in [3.63, 3.8) is 0 Å². The summed E-state index contributed by atoms with van der Waals surface area (Å²) in [4.78, 5) is 12.0. The van der Waals surface area contributed by atoms with E-state index in [9.17, 15) is 4.79 Å². The highest BCUT2D eigenvalue weighted by atomic mass is 16.5. The zero-order valence-corrected chi connectivity index (χ0v) is 11.5. The Hall–Kier alpha value is -1.51. The smallest absolute Gasteiger partial charge is 0.251 e. The molecule has 1 aromatic rings. The van der Waals surface area contributed by atoms with Crippen molar-refractivity contribution in [2.45, 2.75) is 46.1 Å². The van der Waals surface area contributed by atoms with Crippen LogP contribution in [-0.2, 0) is 0 Å². The normalized spacial score (nSPS) is 11.9. The molecule has 0 heterocycles. The summed E-state index contributed by atoms with van der Waals surface area (Å²) >= 11 is 0. The second-order valence-corrected chi connectivity index (χ2v) is 4.48. The Balaban J connectivity index is 2.57. The first-order valence-electron chi connectivity index (χ1n) is 6.71. The molecule has 0 unspecified atom stereocenters. The van der Waals surface area contributed by atoms with Crippen molar-refractivity contribution < 1.29 is 9.53 Å². The molecule has 1 atom stereocenters. The van der Waals surface area contributed by atoms with Crippen LogP contribution in [0.5, 0.6) is 5.75 Å². The fraction of sp³-hybridized carbons (Fsp3) is 0.533. The SMILES string of the molecule is CCCC[C@H](C)NC(=O)c1cccc(OCC)c1. The Kier molecular flexibility index (Phi) is 6.26. The minimum Gasteiger partial charge on any atom is -0.494 e. The lowest BCUT2D eigenvalue weighted by molar-refractivity contribution is 0.0937. The van der Waals surface area contributed by atoms with E-state index in [4.69, 9.17) is 4.74 Å². The highest BCUT2D eigenvalue weighted by Crippen LogP contribution is 2.13. The Morgan fingerprint density at radius 1 is 1.39 bits per heavy atom. The predicted octanol–water partition coefficient (Wildman–Crippen LogP) is 3.39. The first-order valence-corrected chi connectivity index (χ1v) is 6.71. The molecule has 0 fully saturated rings. The molecule has 0 aliphatic carbocycles. The summed E-state index contributed by atoms with van der Waals surface area (Å²) in [5, 5.41) is 3.01. The van der Waals surface area contributed by atoms with Crippen LogP contribution in [-0.4, -0.2) is 18.6 Å². The third-order valence-corrected chi connectivity index (χ3v) is 2.78. The number of amides is 1. The molecule has 1 rings (SSSR count). The Morgan fingerprint density at radius 2 is 2.17 bits per heavy atom. The first kappa shape index (κ1) is 14.6. The first-order chi connectivity index (χ1) is 8.67. The van der Waals surface area contributed by atoms with Crippen LogP contribution in [0.4, 0.5) is 0 Å². The van der Waals surface area contributed by atoms with Gasteiger partial charge in [0.1, 0.15) is 5.75 Å². The molecule has 0 bridgehead atoms. The highest BCUT2D eigenvalue weighted by molar-refractivity contribution is 5.94. The van der Waals surface area contributed by atoms with Crippen molar-refractivity contribution in [2.24, 2.45) is 0 Å². The highest BCUT2D eigenvalue weighted by Gasteiger charge is 2.09. The monoisotopic (exact) mass is 249 g/mol. The molecule has 3 nitrogen and oxygen atoms in total. The van der Waals surface area contributed by atoms with Gasteiger partial charge in [-0.25, -0.2) is 0 Å². The Bertz CT molecular complexity index is 377. The third-order valence-electron chi connectivity index (χ3n) is 2.78. The van der Waals surface area contributed by atoms with Crippen LogP contribution in [0.15, 0.2) is 24.3 Å². The van der Waals surface area contributed by atoms with Gasteiger partial charge in [-0.05, 0) is 38.5 Å². The number of hydrogen-bond donors (Lipinski definition) is 1. The van der Waals surface area contributed by atoms with Gasteiger partial charge in [-0.15, -0.1) is 0 Å². The summed E-state index contributed by atoms with van der Waals surface area (Å²) in [7, 11) is 0. The summed E-state index contributed by atoms with van der Waals surface area (Å²) in [6.45, 7) is 6.73. The summed E-state index contributed by atoms with van der Waals surface area (Å²) in [6, 6.07) is 7.51. The molecule has 0 saturated carbocycles. The van der Waals surface area contributed by atoms with Gasteiger partial charge in [0.05, 0.1) is 6.61 Å². The zero-order chi connectivity index (χ0) is 13.4. The number of nitrogens with one attached hydrogen (secondary N) is 1. The molecule has 1 amide bonds. The minimum atomic E-state index is -0.0276. The Morgan fingerprint density at radius 3 is 2.83 bits per heavy atom. The lowest BCUT2D eigenvalue weighted by atomic mass is 10.1. The van der Waals surface area contributed by atoms with Crippen LogP contribution in [0.2, 0.25) is 0 Å². The molecular formula is C15H23NO2. The maximum atomic E-state index is 12.0. The lowest BCUT2D eigenvalue weighted by Gasteiger charge is -2.13. The molecular weight excluding hydrogens is 226 g/mol. The molecule has 18 heavy (non-hydrogen) atoms. The molecule has 0 aromatic heterocycles. The van der Waals surface area contributed by atoms with Gasteiger partial charge >= 0.3 is 0 Å². The van der Waals surface area contributed by atoms with Gasteiger partial charge in [-0.3, -0.25) is 4.79 Å². The second kappa shape index (κ2) is 7.75. The van der Waals surface area contributed by atoms with Crippen LogP contribution < -0.4 is 10.1 Å². The number of carbonyl (C=O) groups excluding carboxylic acids is 1. The fourth-order valence-corrected chi connectivity index (χ4v) is 1.78. The number of ether oxygens (including phenoxy) is 1. The van der Waals surface area contributed by atoms with Crippen LogP contribution in [0.1, 0.15) is 50.4 Å². The van der Waals surface area contributed by atoms with E-state index in [-0.39, 0.29) is 11.9 Å². The van der Waals surface area contributed by atoms with Crippen molar-refractivity contribution in [2.75, 3.05) is 6.61 Å². The number of benzene rings is 1. The molecule has 3 heteroatoms. The molecule has 0 saturated heterocycles. The molecule has 0 aliphatic heterocycles. The van der Waals surface area contributed by atoms with E-state index in [0.29, 0.717) is 12.2 Å². The van der Waals surface area contributed by atoms with Gasteiger partial charge in [0.2, 0.25) is 0 Å². The largest absolute Gasteiger partial charge is 0.494 e. The van der Waals surface area contributed by atoms with E-state index in [2.05, 4.69) is 12.2 Å². The summed E-state index contributed by atoms with van der Waals surface area (Å²) < 4.78 is 5.39. The topological polar surface area (TPSA) is 38.3 Å². The van der Waals surface area contributed by atoms with E-state index < -0.39 is 0 Å². The summed E-state index contributed by atoms with van der Waals surface area (Å²) in [5.74, 6) is 0.714. The average Bonchev–Trinajstić information content (AvgIpc) is 2.37. The zero-order valence-electron chi connectivity index (χ0n) is 11.5. The third kappa shape index (κ3) is 4.78. The molecule has 1 N–H and O–H groups in total. The molecule has 1 aromatic carbocycles. The van der Waals surface area contributed by atoms with E-state index in [1.165, 1.54) is 0 Å². The van der Waals surface area contributed by atoms with Crippen LogP contribution >= 0.6 is 0 Å². The van der Waals surface area contributed by atoms with Gasteiger partial charge in [0.15, 0.2) is 0 Å². The van der Waals surface area contributed by atoms with Crippen molar-refractivity contribution in [3.8, 4) is 5.75 Å². The van der Waals surface area contributed by atoms with Crippen LogP contribution in [0.3, 0.4) is 0 Å². The van der Waals surface area contributed by atoms with Gasteiger partial charge < -0.3 is 10.1 Å². The van der Waals surface area contributed by atoms with E-state index in [0.717, 1.165) is 25.0 Å². The maximum absolute atomic E-state index is 12.0. The van der Waals surface area contributed by atoms with Gasteiger partial charge in [0.25, 0.3) is 5.91 Å². The summed E-state index contributed by atoms with van der Waals surface area (Å²) in [5.41, 5.74) is 0.657. The van der Waals surface area contributed by atoms with E-state index in [1.807, 2.05) is 32.0 Å². The Labute approximate surface area is 110 Å². The van der Waals surface area contributed by atoms with Crippen molar-refractivity contribution in [1.82, 2.24) is 5.32 Å². The fourth-order valence-electron chi connectivity index (χ4n) is 1.78.